The molecule has 0 unspecified atom stereocenters. The summed E-state index contributed by atoms with van der Waals surface area (Å²) in [4.78, 5) is 20.9. The second kappa shape index (κ2) is 4.01. The lowest BCUT2D eigenvalue weighted by Gasteiger charge is -2.01. The van der Waals surface area contributed by atoms with Crippen LogP contribution in [0, 0.1) is 10.1 Å². The molecule has 1 aliphatic heterocycles. The number of amides is 1. The van der Waals surface area contributed by atoms with Crippen molar-refractivity contribution in [3.05, 3.63) is 28.0 Å². The number of hydrogen-bond donors (Lipinski definition) is 0. The number of hydrogen-bond acceptors (Lipinski definition) is 6. The minimum absolute atomic E-state index is 0.104. The Hall–Kier alpha value is -2.38. The molecule has 0 saturated carbocycles. The summed E-state index contributed by atoms with van der Waals surface area (Å²) in [6.45, 7) is -5.68. The van der Waals surface area contributed by atoms with E-state index in [0.29, 0.717) is 0 Å². The standard InChI is InChI=1S/C8H7N3O5/c12-8-10(3-4-15-8)9-5-6-1-2-7(16-6)11(13)14/h1-2,5H,3-4H2/b9-5+/i3D2,4D2. The van der Waals surface area contributed by atoms with Gasteiger partial charge in [-0.15, -0.1) is 0 Å². The maximum absolute atomic E-state index is 11.3. The van der Waals surface area contributed by atoms with Gasteiger partial charge in [0.05, 0.1) is 24.3 Å². The predicted molar refractivity (Wildman–Crippen MR) is 51.0 cm³/mol. The summed E-state index contributed by atoms with van der Waals surface area (Å²) < 4.78 is 38.2. The van der Waals surface area contributed by atoms with Crippen LogP contribution in [0.25, 0.3) is 0 Å². The number of ether oxygens (including phenoxy) is 1. The van der Waals surface area contributed by atoms with Gasteiger partial charge in [0.1, 0.15) is 11.5 Å². The molecule has 1 fully saturated rings. The Balaban J connectivity index is 2.22. The Bertz CT molecular complexity index is 599. The van der Waals surface area contributed by atoms with Gasteiger partial charge in [-0.2, -0.15) is 10.1 Å². The van der Waals surface area contributed by atoms with Gasteiger partial charge < -0.3 is 9.15 Å². The molecule has 8 heteroatoms. The average Bonchev–Trinajstić information content (AvgIpc) is 2.81. The van der Waals surface area contributed by atoms with Crippen LogP contribution in [0.3, 0.4) is 0 Å². The number of nitrogens with zero attached hydrogens (tertiary/aromatic N) is 3. The third-order valence-corrected chi connectivity index (χ3v) is 1.56. The van der Waals surface area contributed by atoms with Crippen LogP contribution >= 0.6 is 0 Å². The molecule has 84 valence electrons. The van der Waals surface area contributed by atoms with Crippen molar-refractivity contribution in [3.63, 3.8) is 0 Å². The third-order valence-electron chi connectivity index (χ3n) is 1.56. The maximum atomic E-state index is 11.3. The molecular weight excluding hydrogens is 218 g/mol. The van der Waals surface area contributed by atoms with Crippen LogP contribution in [0.1, 0.15) is 11.2 Å². The van der Waals surface area contributed by atoms with E-state index in [0.717, 1.165) is 12.3 Å². The van der Waals surface area contributed by atoms with Crippen molar-refractivity contribution >= 4 is 18.2 Å². The fraction of sp³-hybridized carbons (Fsp3) is 0.250. The Labute approximate surface area is 94.9 Å². The monoisotopic (exact) mass is 229 g/mol. The Morgan fingerprint density at radius 3 is 3.06 bits per heavy atom. The largest absolute Gasteiger partial charge is 0.446 e. The lowest BCUT2D eigenvalue weighted by Crippen LogP contribution is -2.17. The van der Waals surface area contributed by atoms with E-state index in [4.69, 9.17) is 9.90 Å². The van der Waals surface area contributed by atoms with Crippen LogP contribution in [0.15, 0.2) is 21.7 Å². The van der Waals surface area contributed by atoms with Crippen molar-refractivity contribution in [1.82, 2.24) is 5.01 Å². The molecule has 2 rings (SSSR count). The Morgan fingerprint density at radius 1 is 1.69 bits per heavy atom. The maximum Gasteiger partial charge on any atom is 0.433 e. The molecule has 1 amide bonds. The van der Waals surface area contributed by atoms with Gasteiger partial charge in [0, 0.05) is 0 Å². The van der Waals surface area contributed by atoms with E-state index in [1.54, 1.807) is 0 Å². The van der Waals surface area contributed by atoms with Crippen molar-refractivity contribution < 1.29 is 24.4 Å². The first kappa shape index (κ1) is 6.26. The van der Waals surface area contributed by atoms with Crippen LogP contribution in [-0.4, -0.2) is 35.3 Å². The molecule has 1 aromatic heterocycles. The first-order valence-electron chi connectivity index (χ1n) is 5.96. The molecular formula is C8H7N3O5. The molecule has 0 radical (unpaired) electrons. The number of carbonyl (C=O) groups excluding carboxylic acids is 1. The first-order valence-corrected chi connectivity index (χ1v) is 3.96. The van der Waals surface area contributed by atoms with Gasteiger partial charge in [-0.3, -0.25) is 10.1 Å². The van der Waals surface area contributed by atoms with E-state index in [-0.39, 0.29) is 10.8 Å². The van der Waals surface area contributed by atoms with Crippen LogP contribution in [0.5, 0.6) is 0 Å². The number of rotatable bonds is 3. The van der Waals surface area contributed by atoms with Gasteiger partial charge in [0.25, 0.3) is 0 Å². The smallest absolute Gasteiger partial charge is 0.433 e. The molecule has 0 bridgehead atoms. The molecule has 0 atom stereocenters. The number of furan rings is 1. The normalized spacial score (nSPS) is 25.8. The summed E-state index contributed by atoms with van der Waals surface area (Å²) in [5, 5.41) is 13.9. The highest BCUT2D eigenvalue weighted by Crippen LogP contribution is 2.14. The van der Waals surface area contributed by atoms with E-state index in [9.17, 15) is 14.9 Å². The SMILES string of the molecule is [2H]C1([2H])OC(=O)N(/N=C/c2ccc([N+](=O)[O-])o2)C1([2H])[2H]. The highest BCUT2D eigenvalue weighted by molar-refractivity contribution is 5.78. The summed E-state index contributed by atoms with van der Waals surface area (Å²) >= 11 is 0. The quantitative estimate of drug-likeness (QED) is 0.437. The van der Waals surface area contributed by atoms with Gasteiger partial charge in [-0.05, 0) is 6.07 Å². The van der Waals surface area contributed by atoms with E-state index in [1.165, 1.54) is 6.07 Å². The van der Waals surface area contributed by atoms with E-state index in [1.807, 2.05) is 0 Å². The van der Waals surface area contributed by atoms with Crippen LogP contribution in [0.2, 0.25) is 0 Å². The van der Waals surface area contributed by atoms with Crippen molar-refractivity contribution in [2.45, 2.75) is 0 Å². The molecule has 0 N–H and O–H groups in total. The number of carbonyl (C=O) groups is 1. The minimum atomic E-state index is -2.86. The first-order chi connectivity index (χ1) is 9.15. The molecule has 0 aliphatic carbocycles. The molecule has 1 aromatic rings. The molecule has 2 heterocycles. The Kier molecular flexibility index (Phi) is 1.57. The van der Waals surface area contributed by atoms with Gasteiger partial charge >= 0.3 is 12.0 Å². The highest BCUT2D eigenvalue weighted by Gasteiger charge is 2.20. The van der Waals surface area contributed by atoms with Crippen LogP contribution in [0.4, 0.5) is 10.7 Å². The van der Waals surface area contributed by atoms with Crippen LogP contribution in [-0.2, 0) is 4.74 Å². The van der Waals surface area contributed by atoms with E-state index in [2.05, 4.69) is 9.84 Å². The zero-order valence-electron chi connectivity index (χ0n) is 11.6. The lowest BCUT2D eigenvalue weighted by atomic mass is 10.5. The summed E-state index contributed by atoms with van der Waals surface area (Å²) in [7, 11) is 0. The van der Waals surface area contributed by atoms with Crippen molar-refractivity contribution in [1.29, 1.82) is 0 Å². The second-order valence-electron chi connectivity index (χ2n) is 2.57. The van der Waals surface area contributed by atoms with Gasteiger partial charge in [0.15, 0.2) is 5.76 Å². The molecule has 16 heavy (non-hydrogen) atoms. The molecule has 1 saturated heterocycles. The van der Waals surface area contributed by atoms with Gasteiger partial charge in [0.2, 0.25) is 0 Å². The summed E-state index contributed by atoms with van der Waals surface area (Å²) in [5.74, 6) is -0.651. The van der Waals surface area contributed by atoms with E-state index >= 15 is 0 Å². The van der Waals surface area contributed by atoms with Gasteiger partial charge in [-0.1, -0.05) is 0 Å². The minimum Gasteiger partial charge on any atom is -0.446 e. The zero-order valence-corrected chi connectivity index (χ0v) is 7.61. The van der Waals surface area contributed by atoms with Crippen LogP contribution < -0.4 is 0 Å². The molecule has 0 aromatic carbocycles. The highest BCUT2D eigenvalue weighted by atomic mass is 16.6. The average molecular weight is 229 g/mol. The second-order valence-corrected chi connectivity index (χ2v) is 2.57. The number of nitro groups is 1. The molecule has 0 spiro atoms. The fourth-order valence-corrected chi connectivity index (χ4v) is 0.899. The number of cyclic esters (lactones) is 1. The number of hydrazone groups is 1. The predicted octanol–water partition coefficient (Wildman–Crippen LogP) is 0.974. The van der Waals surface area contributed by atoms with Crippen molar-refractivity contribution in [3.8, 4) is 0 Å². The summed E-state index contributed by atoms with van der Waals surface area (Å²) in [6.07, 6.45) is -0.481. The fourth-order valence-electron chi connectivity index (χ4n) is 0.899. The van der Waals surface area contributed by atoms with Crippen molar-refractivity contribution in [2.24, 2.45) is 5.10 Å². The van der Waals surface area contributed by atoms with E-state index < -0.39 is 30.0 Å². The zero-order chi connectivity index (χ0) is 15.1. The topological polar surface area (TPSA) is 98.2 Å². The lowest BCUT2D eigenvalue weighted by molar-refractivity contribution is -0.402. The van der Waals surface area contributed by atoms with Crippen molar-refractivity contribution in [2.75, 3.05) is 13.1 Å². The molecule has 8 nitrogen and oxygen atoms in total. The Morgan fingerprint density at radius 2 is 2.50 bits per heavy atom. The van der Waals surface area contributed by atoms with Gasteiger partial charge in [-0.25, -0.2) is 4.79 Å². The summed E-state index contributed by atoms with van der Waals surface area (Å²) in [5.41, 5.74) is 0. The molecule has 1 aliphatic rings. The summed E-state index contributed by atoms with van der Waals surface area (Å²) in [6, 6.07) is 2.24. The third kappa shape index (κ3) is 2.00.